The molecule has 24 heavy (non-hydrogen) atoms. The van der Waals surface area contributed by atoms with Crippen LogP contribution in [0.15, 0.2) is 30.6 Å². The van der Waals surface area contributed by atoms with Crippen molar-refractivity contribution in [2.24, 2.45) is 0 Å². The topological polar surface area (TPSA) is 80.1 Å². The molecule has 1 saturated heterocycles. The lowest BCUT2D eigenvalue weighted by atomic mass is 10.00. The summed E-state index contributed by atoms with van der Waals surface area (Å²) in [5.41, 5.74) is 1.23. The van der Waals surface area contributed by atoms with Gasteiger partial charge in [0.05, 0.1) is 17.5 Å². The molecule has 3 rings (SSSR count). The second-order valence-corrected chi connectivity index (χ2v) is 5.87. The summed E-state index contributed by atoms with van der Waals surface area (Å²) < 4.78 is 1.64. The highest BCUT2D eigenvalue weighted by atomic mass is 16.2. The number of amides is 2. The zero-order valence-corrected chi connectivity index (χ0v) is 13.9. The highest BCUT2D eigenvalue weighted by molar-refractivity contribution is 5.98. The minimum absolute atomic E-state index is 0.113. The number of likely N-dealkylation sites (tertiary alicyclic amines) is 1. The van der Waals surface area contributed by atoms with Crippen LogP contribution >= 0.6 is 0 Å². The first-order valence-electron chi connectivity index (χ1n) is 8.12. The number of nitrogens with one attached hydrogen (secondary N) is 1. The van der Waals surface area contributed by atoms with Gasteiger partial charge in [0.15, 0.2) is 5.82 Å². The Balaban J connectivity index is 1.90. The quantitative estimate of drug-likeness (QED) is 0.922. The molecule has 1 N–H and O–H groups in total. The highest BCUT2D eigenvalue weighted by Gasteiger charge is 2.33. The SMILES string of the molecule is CNC(=O)[C@@H]1CCCCN1C(=O)c1cnn(-c2ccccn2)c1C. The zero-order valence-electron chi connectivity index (χ0n) is 13.9. The van der Waals surface area contributed by atoms with Crippen LogP contribution in [-0.4, -0.2) is 51.1 Å². The second-order valence-electron chi connectivity index (χ2n) is 5.87. The van der Waals surface area contributed by atoms with Crippen LogP contribution in [0.2, 0.25) is 0 Å². The molecule has 0 bridgehead atoms. The van der Waals surface area contributed by atoms with Crippen molar-refractivity contribution in [2.75, 3.05) is 13.6 Å². The van der Waals surface area contributed by atoms with Crippen LogP contribution in [0.1, 0.15) is 35.3 Å². The van der Waals surface area contributed by atoms with Gasteiger partial charge in [-0.05, 0) is 38.3 Å². The summed E-state index contributed by atoms with van der Waals surface area (Å²) in [4.78, 5) is 31.0. The molecule has 1 atom stereocenters. The fraction of sp³-hybridized carbons (Fsp3) is 0.412. The van der Waals surface area contributed by atoms with Gasteiger partial charge in [-0.1, -0.05) is 6.07 Å². The Kier molecular flexibility index (Phi) is 4.59. The molecule has 1 fully saturated rings. The molecule has 0 aromatic carbocycles. The summed E-state index contributed by atoms with van der Waals surface area (Å²) in [6, 6.07) is 5.13. The van der Waals surface area contributed by atoms with Gasteiger partial charge in [0.1, 0.15) is 6.04 Å². The van der Waals surface area contributed by atoms with E-state index >= 15 is 0 Å². The molecule has 0 saturated carbocycles. The molecule has 2 aromatic heterocycles. The monoisotopic (exact) mass is 327 g/mol. The molecule has 0 unspecified atom stereocenters. The number of carbonyl (C=O) groups excluding carboxylic acids is 2. The second kappa shape index (κ2) is 6.82. The normalized spacial score (nSPS) is 17.6. The predicted octanol–water partition coefficient (Wildman–Crippen LogP) is 1.32. The Hall–Kier alpha value is -2.70. The Morgan fingerprint density at radius 2 is 2.12 bits per heavy atom. The summed E-state index contributed by atoms with van der Waals surface area (Å²) in [7, 11) is 1.60. The highest BCUT2D eigenvalue weighted by Crippen LogP contribution is 2.22. The van der Waals surface area contributed by atoms with Gasteiger partial charge in [0.2, 0.25) is 5.91 Å². The Morgan fingerprint density at radius 1 is 1.29 bits per heavy atom. The zero-order chi connectivity index (χ0) is 17.1. The molecule has 1 aliphatic rings. The Bertz CT molecular complexity index is 741. The van der Waals surface area contributed by atoms with Gasteiger partial charge in [-0.15, -0.1) is 0 Å². The van der Waals surface area contributed by atoms with E-state index in [0.717, 1.165) is 18.5 Å². The first-order valence-corrected chi connectivity index (χ1v) is 8.12. The first-order chi connectivity index (χ1) is 11.6. The van der Waals surface area contributed by atoms with Gasteiger partial charge in [0, 0.05) is 19.8 Å². The van der Waals surface area contributed by atoms with E-state index in [-0.39, 0.29) is 11.8 Å². The minimum atomic E-state index is -0.408. The van der Waals surface area contributed by atoms with Crippen molar-refractivity contribution in [3.63, 3.8) is 0 Å². The van der Waals surface area contributed by atoms with Crippen LogP contribution in [0.3, 0.4) is 0 Å². The average molecular weight is 327 g/mol. The molecule has 2 amide bonds. The van der Waals surface area contributed by atoms with E-state index in [0.29, 0.717) is 24.3 Å². The van der Waals surface area contributed by atoms with Crippen LogP contribution in [0.4, 0.5) is 0 Å². The Morgan fingerprint density at radius 3 is 2.83 bits per heavy atom. The van der Waals surface area contributed by atoms with Crippen LogP contribution in [0.25, 0.3) is 5.82 Å². The number of carbonyl (C=O) groups is 2. The van der Waals surface area contributed by atoms with Crippen molar-refractivity contribution in [1.29, 1.82) is 0 Å². The van der Waals surface area contributed by atoms with Crippen molar-refractivity contribution < 1.29 is 9.59 Å². The fourth-order valence-electron chi connectivity index (χ4n) is 3.10. The summed E-state index contributed by atoms with van der Waals surface area (Å²) >= 11 is 0. The van der Waals surface area contributed by atoms with Gasteiger partial charge >= 0.3 is 0 Å². The van der Waals surface area contributed by atoms with Crippen LogP contribution in [-0.2, 0) is 4.79 Å². The maximum absolute atomic E-state index is 13.0. The van der Waals surface area contributed by atoms with Crippen LogP contribution < -0.4 is 5.32 Å². The number of nitrogens with zero attached hydrogens (tertiary/aromatic N) is 4. The number of pyridine rings is 1. The van der Waals surface area contributed by atoms with Gasteiger partial charge in [-0.2, -0.15) is 5.10 Å². The first kappa shape index (κ1) is 16.2. The maximum atomic E-state index is 13.0. The van der Waals surface area contributed by atoms with E-state index in [1.807, 2.05) is 25.1 Å². The van der Waals surface area contributed by atoms with E-state index < -0.39 is 6.04 Å². The average Bonchev–Trinajstić information content (AvgIpc) is 3.02. The van der Waals surface area contributed by atoms with Gasteiger partial charge in [0.25, 0.3) is 5.91 Å². The number of hydrogen-bond acceptors (Lipinski definition) is 4. The van der Waals surface area contributed by atoms with Crippen molar-refractivity contribution in [3.8, 4) is 5.82 Å². The van der Waals surface area contributed by atoms with Gasteiger partial charge in [-0.3, -0.25) is 9.59 Å². The Labute approximate surface area is 140 Å². The molecule has 1 aliphatic heterocycles. The lowest BCUT2D eigenvalue weighted by Crippen LogP contribution is -2.51. The molecule has 7 nitrogen and oxygen atoms in total. The third-order valence-corrected chi connectivity index (χ3v) is 4.42. The summed E-state index contributed by atoms with van der Waals surface area (Å²) in [6.45, 7) is 2.43. The maximum Gasteiger partial charge on any atom is 0.258 e. The van der Waals surface area contributed by atoms with Gasteiger partial charge in [-0.25, -0.2) is 9.67 Å². The predicted molar refractivity (Wildman–Crippen MR) is 88.8 cm³/mol. The molecule has 2 aromatic rings. The number of piperidine rings is 1. The minimum Gasteiger partial charge on any atom is -0.357 e. The summed E-state index contributed by atoms with van der Waals surface area (Å²) in [5.74, 6) is 0.399. The van der Waals surface area contributed by atoms with Crippen molar-refractivity contribution in [3.05, 3.63) is 41.9 Å². The lowest BCUT2D eigenvalue weighted by Gasteiger charge is -2.34. The molecular formula is C17H21N5O2. The third-order valence-electron chi connectivity index (χ3n) is 4.42. The van der Waals surface area contributed by atoms with E-state index in [2.05, 4.69) is 15.4 Å². The molecular weight excluding hydrogens is 306 g/mol. The van der Waals surface area contributed by atoms with Crippen LogP contribution in [0.5, 0.6) is 0 Å². The molecule has 0 spiro atoms. The number of rotatable bonds is 3. The van der Waals surface area contributed by atoms with E-state index in [9.17, 15) is 9.59 Å². The van der Waals surface area contributed by atoms with E-state index in [1.165, 1.54) is 0 Å². The molecule has 0 aliphatic carbocycles. The van der Waals surface area contributed by atoms with Crippen molar-refractivity contribution >= 4 is 11.8 Å². The summed E-state index contributed by atoms with van der Waals surface area (Å²) in [6.07, 6.45) is 5.80. The standard InChI is InChI=1S/C17H21N5O2/c1-12-13(11-20-22(12)15-8-3-5-9-19-15)17(24)21-10-6-4-7-14(21)16(23)18-2/h3,5,8-9,11,14H,4,6-7,10H2,1-2H3,(H,18,23)/t14-/m0/s1. The molecule has 126 valence electrons. The molecule has 0 radical (unpaired) electrons. The van der Waals surface area contributed by atoms with Crippen LogP contribution in [0, 0.1) is 6.92 Å². The molecule has 7 heteroatoms. The largest absolute Gasteiger partial charge is 0.357 e. The van der Waals surface area contributed by atoms with E-state index in [4.69, 9.17) is 0 Å². The number of aromatic nitrogens is 3. The number of hydrogen-bond donors (Lipinski definition) is 1. The fourth-order valence-corrected chi connectivity index (χ4v) is 3.10. The van der Waals surface area contributed by atoms with E-state index in [1.54, 1.807) is 29.0 Å². The summed E-state index contributed by atoms with van der Waals surface area (Å²) in [5, 5.41) is 6.95. The molecule has 3 heterocycles. The van der Waals surface area contributed by atoms with Crippen molar-refractivity contribution in [1.82, 2.24) is 25.0 Å². The smallest absolute Gasteiger partial charge is 0.258 e. The lowest BCUT2D eigenvalue weighted by molar-refractivity contribution is -0.126. The van der Waals surface area contributed by atoms with Gasteiger partial charge < -0.3 is 10.2 Å². The number of likely N-dealkylation sites (N-methyl/N-ethyl adjacent to an activating group) is 1. The van der Waals surface area contributed by atoms with Crippen molar-refractivity contribution in [2.45, 2.75) is 32.2 Å². The third kappa shape index (κ3) is 2.89.